The van der Waals surface area contributed by atoms with Gasteiger partial charge in [0, 0.05) is 36.6 Å². The predicted molar refractivity (Wildman–Crippen MR) is 94.0 cm³/mol. The van der Waals surface area contributed by atoms with E-state index in [2.05, 4.69) is 21.2 Å². The quantitative estimate of drug-likeness (QED) is 0.799. The molecule has 0 unspecified atom stereocenters. The van der Waals surface area contributed by atoms with Gasteiger partial charge in [0.15, 0.2) is 0 Å². The molecule has 1 aliphatic rings. The number of nitrogens with zero attached hydrogens (tertiary/aromatic N) is 3. The molecule has 0 atom stereocenters. The fourth-order valence-corrected chi connectivity index (χ4v) is 2.90. The molecule has 3 heterocycles. The third-order valence-electron chi connectivity index (χ3n) is 4.28. The Morgan fingerprint density at radius 2 is 1.92 bits per heavy atom. The summed E-state index contributed by atoms with van der Waals surface area (Å²) in [5, 5.41) is 6.95. The minimum atomic E-state index is 0.00793. The van der Waals surface area contributed by atoms with Crippen LogP contribution in [0.2, 0.25) is 0 Å². The number of aromatic amines is 1. The number of ether oxygens (including phenoxy) is 1. The lowest BCUT2D eigenvalue weighted by Gasteiger charge is -2.26. The highest BCUT2D eigenvalue weighted by Gasteiger charge is 2.18. The molecule has 0 radical (unpaired) electrons. The molecule has 1 amide bonds. The largest absolute Gasteiger partial charge is 0.378 e. The van der Waals surface area contributed by atoms with Gasteiger partial charge in [-0.05, 0) is 24.3 Å². The zero-order valence-electron chi connectivity index (χ0n) is 13.7. The van der Waals surface area contributed by atoms with Crippen LogP contribution < -0.4 is 0 Å². The second kappa shape index (κ2) is 6.86. The van der Waals surface area contributed by atoms with Crippen LogP contribution in [0.15, 0.2) is 54.9 Å². The number of rotatable bonds is 3. The smallest absolute Gasteiger partial charge is 0.255 e. The monoisotopic (exact) mass is 334 g/mol. The molecule has 1 aliphatic heterocycles. The van der Waals surface area contributed by atoms with Crippen LogP contribution >= 0.6 is 0 Å². The van der Waals surface area contributed by atoms with Gasteiger partial charge in [-0.25, -0.2) is 0 Å². The molecule has 0 aliphatic carbocycles. The maximum Gasteiger partial charge on any atom is 0.255 e. The first kappa shape index (κ1) is 15.5. The van der Waals surface area contributed by atoms with Crippen LogP contribution in [0.4, 0.5) is 0 Å². The molecular formula is C19H18N4O2. The number of pyridine rings is 1. The van der Waals surface area contributed by atoms with Crippen LogP contribution in [-0.4, -0.2) is 52.3 Å². The number of aromatic nitrogens is 3. The number of H-pyrrole nitrogens is 1. The van der Waals surface area contributed by atoms with E-state index in [4.69, 9.17) is 4.74 Å². The number of morpholine rings is 1. The molecule has 0 spiro atoms. The molecule has 6 heteroatoms. The van der Waals surface area contributed by atoms with Gasteiger partial charge in [0.2, 0.25) is 0 Å². The van der Waals surface area contributed by atoms with Crippen LogP contribution in [0, 0.1) is 0 Å². The molecule has 25 heavy (non-hydrogen) atoms. The van der Waals surface area contributed by atoms with Crippen LogP contribution in [-0.2, 0) is 4.74 Å². The third kappa shape index (κ3) is 3.29. The van der Waals surface area contributed by atoms with Gasteiger partial charge in [0.05, 0.1) is 30.2 Å². The van der Waals surface area contributed by atoms with E-state index < -0.39 is 0 Å². The summed E-state index contributed by atoms with van der Waals surface area (Å²) >= 11 is 0. The number of amides is 1. The molecular weight excluding hydrogens is 316 g/mol. The van der Waals surface area contributed by atoms with Crippen LogP contribution in [0.5, 0.6) is 0 Å². The van der Waals surface area contributed by atoms with Crippen molar-refractivity contribution >= 4 is 5.91 Å². The molecule has 1 aromatic carbocycles. The van der Waals surface area contributed by atoms with E-state index >= 15 is 0 Å². The summed E-state index contributed by atoms with van der Waals surface area (Å²) in [6.07, 6.45) is 3.38. The third-order valence-corrected chi connectivity index (χ3v) is 4.28. The van der Waals surface area contributed by atoms with Crippen molar-refractivity contribution in [2.24, 2.45) is 0 Å². The van der Waals surface area contributed by atoms with E-state index in [1.165, 1.54) is 0 Å². The van der Waals surface area contributed by atoms with Crippen molar-refractivity contribution in [2.45, 2.75) is 0 Å². The molecule has 1 fully saturated rings. The van der Waals surface area contributed by atoms with Crippen molar-refractivity contribution in [2.75, 3.05) is 26.3 Å². The van der Waals surface area contributed by atoms with Crippen molar-refractivity contribution < 1.29 is 9.53 Å². The zero-order chi connectivity index (χ0) is 17.1. The lowest BCUT2D eigenvalue weighted by atomic mass is 10.0. The van der Waals surface area contributed by atoms with Crippen molar-refractivity contribution in [3.05, 3.63) is 60.4 Å². The molecule has 4 rings (SSSR count). The van der Waals surface area contributed by atoms with Crippen LogP contribution in [0.1, 0.15) is 10.4 Å². The lowest BCUT2D eigenvalue weighted by Crippen LogP contribution is -2.40. The molecule has 1 N–H and O–H groups in total. The summed E-state index contributed by atoms with van der Waals surface area (Å²) in [5.74, 6) is 0.00793. The Morgan fingerprint density at radius 1 is 1.08 bits per heavy atom. The number of hydrogen-bond donors (Lipinski definition) is 1. The lowest BCUT2D eigenvalue weighted by molar-refractivity contribution is 0.0302. The van der Waals surface area contributed by atoms with Gasteiger partial charge in [-0.3, -0.25) is 14.9 Å². The van der Waals surface area contributed by atoms with Crippen molar-refractivity contribution in [3.8, 4) is 22.5 Å². The second-order valence-corrected chi connectivity index (χ2v) is 5.89. The normalized spacial score (nSPS) is 14.5. The van der Waals surface area contributed by atoms with Gasteiger partial charge in [-0.15, -0.1) is 0 Å². The minimum Gasteiger partial charge on any atom is -0.378 e. The van der Waals surface area contributed by atoms with Gasteiger partial charge in [-0.2, -0.15) is 5.10 Å². The fourth-order valence-electron chi connectivity index (χ4n) is 2.90. The predicted octanol–water partition coefficient (Wildman–Crippen LogP) is 2.61. The van der Waals surface area contributed by atoms with Crippen LogP contribution in [0.3, 0.4) is 0 Å². The standard InChI is InChI=1S/C19H18N4O2/c24-19(23-8-10-25-11-9-23)16-4-5-17(20-13-16)14-2-1-3-15(12-14)18-6-7-21-22-18/h1-7,12-13H,8-11H2,(H,21,22). The minimum absolute atomic E-state index is 0.00793. The van der Waals surface area contributed by atoms with Gasteiger partial charge in [0.1, 0.15) is 0 Å². The first-order valence-electron chi connectivity index (χ1n) is 8.24. The van der Waals surface area contributed by atoms with Gasteiger partial charge < -0.3 is 9.64 Å². The topological polar surface area (TPSA) is 71.1 Å². The maximum atomic E-state index is 12.5. The van der Waals surface area contributed by atoms with E-state index in [0.717, 1.165) is 22.5 Å². The average molecular weight is 334 g/mol. The van der Waals surface area contributed by atoms with E-state index in [1.54, 1.807) is 17.3 Å². The first-order chi connectivity index (χ1) is 12.3. The Kier molecular flexibility index (Phi) is 4.26. The summed E-state index contributed by atoms with van der Waals surface area (Å²) in [7, 11) is 0. The number of carbonyl (C=O) groups is 1. The highest BCUT2D eigenvalue weighted by molar-refractivity contribution is 5.94. The molecule has 0 saturated carbocycles. The van der Waals surface area contributed by atoms with E-state index in [9.17, 15) is 4.79 Å². The Hall–Kier alpha value is -2.99. The van der Waals surface area contributed by atoms with Gasteiger partial charge in [-0.1, -0.05) is 18.2 Å². The molecule has 6 nitrogen and oxygen atoms in total. The van der Waals surface area contributed by atoms with Gasteiger partial charge >= 0.3 is 0 Å². The Labute approximate surface area is 145 Å². The van der Waals surface area contributed by atoms with Crippen LogP contribution in [0.25, 0.3) is 22.5 Å². The summed E-state index contributed by atoms with van der Waals surface area (Å²) in [6.45, 7) is 2.45. The zero-order valence-corrected chi connectivity index (χ0v) is 13.7. The highest BCUT2D eigenvalue weighted by atomic mass is 16.5. The van der Waals surface area contributed by atoms with E-state index in [-0.39, 0.29) is 5.91 Å². The second-order valence-electron chi connectivity index (χ2n) is 5.89. The first-order valence-corrected chi connectivity index (χ1v) is 8.24. The van der Waals surface area contributed by atoms with E-state index in [1.807, 2.05) is 36.4 Å². The van der Waals surface area contributed by atoms with Crippen molar-refractivity contribution in [1.82, 2.24) is 20.1 Å². The molecule has 0 bridgehead atoms. The molecule has 2 aromatic heterocycles. The number of benzene rings is 1. The Balaban J connectivity index is 1.56. The van der Waals surface area contributed by atoms with Crippen molar-refractivity contribution in [3.63, 3.8) is 0 Å². The number of nitrogens with one attached hydrogen (secondary N) is 1. The summed E-state index contributed by atoms with van der Waals surface area (Å²) < 4.78 is 5.29. The summed E-state index contributed by atoms with van der Waals surface area (Å²) in [4.78, 5) is 18.8. The summed E-state index contributed by atoms with van der Waals surface area (Å²) in [5.41, 5.74) is 4.44. The Bertz CT molecular complexity index is 853. The molecule has 1 saturated heterocycles. The Morgan fingerprint density at radius 3 is 2.64 bits per heavy atom. The maximum absolute atomic E-state index is 12.5. The van der Waals surface area contributed by atoms with E-state index in [0.29, 0.717) is 31.9 Å². The fraction of sp³-hybridized carbons (Fsp3) is 0.211. The number of carbonyl (C=O) groups excluding carboxylic acids is 1. The molecule has 3 aromatic rings. The highest BCUT2D eigenvalue weighted by Crippen LogP contribution is 2.24. The molecule has 126 valence electrons. The summed E-state index contributed by atoms with van der Waals surface area (Å²) in [6, 6.07) is 13.7. The van der Waals surface area contributed by atoms with Gasteiger partial charge in [0.25, 0.3) is 5.91 Å². The average Bonchev–Trinajstić information content (AvgIpc) is 3.23. The number of hydrogen-bond acceptors (Lipinski definition) is 4. The SMILES string of the molecule is O=C(c1ccc(-c2cccc(-c3ccn[nH]3)c2)nc1)N1CCOCC1. The van der Waals surface area contributed by atoms with Crippen molar-refractivity contribution in [1.29, 1.82) is 0 Å².